The summed E-state index contributed by atoms with van der Waals surface area (Å²) in [5.41, 5.74) is 4.32. The van der Waals surface area contributed by atoms with E-state index in [2.05, 4.69) is 30.8 Å². The van der Waals surface area contributed by atoms with Crippen LogP contribution in [0.15, 0.2) is 51.8 Å². The van der Waals surface area contributed by atoms with Gasteiger partial charge in [0.25, 0.3) is 0 Å². The fourth-order valence-corrected chi connectivity index (χ4v) is 7.94. The Bertz CT molecular complexity index is 1770. The molecule has 2 aliphatic heterocycles. The second kappa shape index (κ2) is 14.4. The number of nitrogens with zero attached hydrogens (tertiary/aromatic N) is 4. The van der Waals surface area contributed by atoms with Gasteiger partial charge in [-0.05, 0) is 56.1 Å². The van der Waals surface area contributed by atoms with Crippen molar-refractivity contribution in [1.29, 1.82) is 0 Å². The number of likely N-dealkylation sites (tertiary alicyclic amines) is 1. The first-order valence-electron chi connectivity index (χ1n) is 15.3. The van der Waals surface area contributed by atoms with Crippen LogP contribution in [0.2, 0.25) is 0 Å². The van der Waals surface area contributed by atoms with Gasteiger partial charge in [-0.2, -0.15) is 9.40 Å². The zero-order valence-corrected chi connectivity index (χ0v) is 29.2. The maximum Gasteiger partial charge on any atom is 0.341 e. The van der Waals surface area contributed by atoms with Crippen molar-refractivity contribution in [3.63, 3.8) is 0 Å². The Morgan fingerprint density at radius 2 is 1.78 bits per heavy atom. The van der Waals surface area contributed by atoms with Gasteiger partial charge in [0.05, 0.1) is 28.3 Å². The number of aliphatic carboxylic acids is 1. The van der Waals surface area contributed by atoms with Gasteiger partial charge in [0.15, 0.2) is 16.4 Å². The van der Waals surface area contributed by atoms with E-state index in [0.29, 0.717) is 30.9 Å². The third-order valence-corrected chi connectivity index (χ3v) is 12.0. The molecule has 1 aromatic heterocycles. The summed E-state index contributed by atoms with van der Waals surface area (Å²) in [7, 11) is -6.76. The Morgan fingerprint density at radius 3 is 2.43 bits per heavy atom. The van der Waals surface area contributed by atoms with Crippen LogP contribution in [0.3, 0.4) is 0 Å². The molecule has 2 aromatic carbocycles. The number of halogens is 1. The second-order valence-corrected chi connectivity index (χ2v) is 16.9. The monoisotopic (exact) mass is 737 g/mol. The average Bonchev–Trinajstić information content (AvgIpc) is 3.39. The van der Waals surface area contributed by atoms with E-state index in [1.54, 1.807) is 6.92 Å². The molecule has 2 N–H and O–H groups in total. The maximum atomic E-state index is 12.5. The van der Waals surface area contributed by atoms with E-state index in [9.17, 15) is 21.6 Å². The minimum absolute atomic E-state index is 0.0356. The molecule has 46 heavy (non-hydrogen) atoms. The highest BCUT2D eigenvalue weighted by Gasteiger charge is 2.30. The number of anilines is 1. The third-order valence-electron chi connectivity index (χ3n) is 8.52. The maximum absolute atomic E-state index is 12.5. The summed E-state index contributed by atoms with van der Waals surface area (Å²) in [4.78, 5) is 13.6. The van der Waals surface area contributed by atoms with Gasteiger partial charge in [0.2, 0.25) is 10.0 Å². The van der Waals surface area contributed by atoms with Crippen molar-refractivity contribution in [2.45, 2.75) is 56.6 Å². The lowest BCUT2D eigenvalue weighted by Gasteiger charge is -2.33. The van der Waals surface area contributed by atoms with Gasteiger partial charge in [-0.1, -0.05) is 35.0 Å². The molecule has 0 atom stereocenters. The summed E-state index contributed by atoms with van der Waals surface area (Å²) in [6.45, 7) is 5.11. The van der Waals surface area contributed by atoms with Crippen LogP contribution in [0, 0.1) is 0 Å². The molecule has 250 valence electrons. The number of aryl methyl sites for hydroxylation is 1. The minimum atomic E-state index is -3.44. The molecule has 0 aliphatic carbocycles. The van der Waals surface area contributed by atoms with Crippen LogP contribution in [-0.2, 0) is 44.2 Å². The summed E-state index contributed by atoms with van der Waals surface area (Å²) in [6, 6.07) is 12.5. The van der Waals surface area contributed by atoms with Crippen molar-refractivity contribution in [3.8, 4) is 17.0 Å². The van der Waals surface area contributed by atoms with E-state index >= 15 is 0 Å². The SMILES string of the molecule is CCS(=O)(=O)c1ccc(OCC(=O)O)c(NC2CCN(CCCn3nc(-c4ccc(Br)cc4)c4c3CCN(S(C)(=O)=O)C4)CC2)c1. The number of rotatable bonds is 13. The standard InChI is InChI=1S/C31H40BrN5O7S2/c1-3-46(42,43)25-9-10-29(44-21-30(38)39)27(19-25)33-24-11-16-35(17-12-24)14-4-15-37-28-13-18-36(45(2,40)41)20-26(28)31(34-37)22-5-7-23(32)8-6-22/h5-10,19,24,33H,3-4,11-18,20-21H2,1-2H3,(H,38,39). The second-order valence-electron chi connectivity index (χ2n) is 11.7. The van der Waals surface area contributed by atoms with Crippen molar-refractivity contribution in [2.75, 3.05) is 50.1 Å². The number of hydrogen-bond donors (Lipinski definition) is 2. The molecule has 1 saturated heterocycles. The number of nitrogens with one attached hydrogen (secondary N) is 1. The fraction of sp³-hybridized carbons (Fsp3) is 0.484. The lowest BCUT2D eigenvalue weighted by atomic mass is 10.0. The van der Waals surface area contributed by atoms with Crippen molar-refractivity contribution in [3.05, 3.63) is 58.2 Å². The quantitative estimate of drug-likeness (QED) is 0.265. The first-order chi connectivity index (χ1) is 21.8. The van der Waals surface area contributed by atoms with E-state index < -0.39 is 32.4 Å². The summed E-state index contributed by atoms with van der Waals surface area (Å²) < 4.78 is 59.6. The van der Waals surface area contributed by atoms with E-state index in [0.717, 1.165) is 72.4 Å². The number of aromatic nitrogens is 2. The van der Waals surface area contributed by atoms with Crippen molar-refractivity contribution in [1.82, 2.24) is 19.0 Å². The first-order valence-corrected chi connectivity index (χ1v) is 19.6. The Balaban J connectivity index is 1.21. The molecular weight excluding hydrogens is 698 g/mol. The molecule has 2 aliphatic rings. The Kier molecular flexibility index (Phi) is 10.8. The van der Waals surface area contributed by atoms with Crippen LogP contribution in [0.25, 0.3) is 11.3 Å². The van der Waals surface area contributed by atoms with Gasteiger partial charge in [-0.3, -0.25) is 4.68 Å². The topological polar surface area (TPSA) is 151 Å². The lowest BCUT2D eigenvalue weighted by molar-refractivity contribution is -0.139. The number of carboxylic acid groups (broad SMARTS) is 1. The van der Waals surface area contributed by atoms with Crippen LogP contribution in [-0.4, -0.2) is 97.7 Å². The third kappa shape index (κ3) is 8.29. The number of sulfonamides is 1. The molecule has 0 amide bonds. The number of sulfone groups is 1. The lowest BCUT2D eigenvalue weighted by Crippen LogP contribution is -2.40. The predicted molar refractivity (Wildman–Crippen MR) is 179 cm³/mol. The van der Waals surface area contributed by atoms with Crippen LogP contribution in [0.5, 0.6) is 5.75 Å². The zero-order chi connectivity index (χ0) is 33.1. The summed E-state index contributed by atoms with van der Waals surface area (Å²) in [5, 5.41) is 17.4. The number of piperidine rings is 1. The number of carboxylic acids is 1. The van der Waals surface area contributed by atoms with Crippen LogP contribution < -0.4 is 10.1 Å². The highest BCUT2D eigenvalue weighted by Crippen LogP contribution is 2.33. The van der Waals surface area contributed by atoms with E-state index in [-0.39, 0.29) is 16.7 Å². The molecular formula is C31H40BrN5O7S2. The summed E-state index contributed by atoms with van der Waals surface area (Å²) >= 11 is 3.48. The Morgan fingerprint density at radius 1 is 1.07 bits per heavy atom. The van der Waals surface area contributed by atoms with Crippen molar-refractivity contribution in [2.24, 2.45) is 0 Å². The molecule has 0 unspecified atom stereocenters. The van der Waals surface area contributed by atoms with Gasteiger partial charge < -0.3 is 20.1 Å². The molecule has 5 rings (SSSR count). The Labute approximate surface area is 278 Å². The fourth-order valence-electron chi connectivity index (χ4n) is 5.99. The normalized spacial score (nSPS) is 16.7. The van der Waals surface area contributed by atoms with Gasteiger partial charge in [0.1, 0.15) is 5.75 Å². The highest BCUT2D eigenvalue weighted by molar-refractivity contribution is 9.10. The molecule has 0 bridgehead atoms. The Hall–Kier alpha value is -2.98. The number of hydrogen-bond acceptors (Lipinski definition) is 9. The van der Waals surface area contributed by atoms with Gasteiger partial charge in [-0.15, -0.1) is 0 Å². The smallest absolute Gasteiger partial charge is 0.341 e. The molecule has 3 heterocycles. The van der Waals surface area contributed by atoms with Crippen LogP contribution in [0.4, 0.5) is 5.69 Å². The van der Waals surface area contributed by atoms with Gasteiger partial charge in [-0.25, -0.2) is 21.6 Å². The van der Waals surface area contributed by atoms with Gasteiger partial charge >= 0.3 is 5.97 Å². The average molecular weight is 739 g/mol. The molecule has 3 aromatic rings. The van der Waals surface area contributed by atoms with Crippen molar-refractivity contribution < 1.29 is 31.5 Å². The van der Waals surface area contributed by atoms with Crippen LogP contribution >= 0.6 is 15.9 Å². The molecule has 0 saturated carbocycles. The first kappa shape index (κ1) is 34.4. The minimum Gasteiger partial charge on any atom is -0.480 e. The summed E-state index contributed by atoms with van der Waals surface area (Å²) in [6.07, 6.45) is 4.40. The van der Waals surface area contributed by atoms with E-state index in [1.165, 1.54) is 28.8 Å². The van der Waals surface area contributed by atoms with Crippen LogP contribution in [0.1, 0.15) is 37.4 Å². The number of benzene rings is 2. The van der Waals surface area contributed by atoms with E-state index in [4.69, 9.17) is 14.9 Å². The highest BCUT2D eigenvalue weighted by atomic mass is 79.9. The molecule has 1 fully saturated rings. The number of fused-ring (bicyclic) bond motifs is 1. The van der Waals surface area contributed by atoms with E-state index in [1.807, 2.05) is 24.3 Å². The molecule has 15 heteroatoms. The van der Waals surface area contributed by atoms with Gasteiger partial charge in [0, 0.05) is 66.5 Å². The zero-order valence-electron chi connectivity index (χ0n) is 26.0. The number of carbonyl (C=O) groups is 1. The largest absolute Gasteiger partial charge is 0.480 e. The molecule has 0 spiro atoms. The molecule has 0 radical (unpaired) electrons. The summed E-state index contributed by atoms with van der Waals surface area (Å²) in [5.74, 6) is -0.836. The molecule has 12 nitrogen and oxygen atoms in total. The van der Waals surface area contributed by atoms with Crippen molar-refractivity contribution >= 4 is 47.4 Å². The predicted octanol–water partition coefficient (Wildman–Crippen LogP) is 3.85. The number of ether oxygens (including phenoxy) is 1.